The first-order chi connectivity index (χ1) is 8.74. The molecule has 0 spiro atoms. The van der Waals surface area contributed by atoms with E-state index in [2.05, 4.69) is 9.97 Å². The quantitative estimate of drug-likeness (QED) is 0.900. The zero-order valence-corrected chi connectivity index (χ0v) is 10.0. The number of aliphatic hydroxyl groups excluding tert-OH is 1. The van der Waals surface area contributed by atoms with Crippen LogP contribution < -0.4 is 4.90 Å². The van der Waals surface area contributed by atoms with Crippen LogP contribution in [0.1, 0.15) is 12.5 Å². The molecule has 0 unspecified atom stereocenters. The highest BCUT2D eigenvalue weighted by Gasteiger charge is 2.10. The molecule has 2 rings (SSSR count). The summed E-state index contributed by atoms with van der Waals surface area (Å²) in [5.74, 6) is 0.193. The fourth-order valence-electron chi connectivity index (χ4n) is 1.65. The van der Waals surface area contributed by atoms with Gasteiger partial charge < -0.3 is 10.0 Å². The van der Waals surface area contributed by atoms with Gasteiger partial charge in [-0.1, -0.05) is 6.07 Å². The van der Waals surface area contributed by atoms with E-state index in [0.29, 0.717) is 23.7 Å². The highest BCUT2D eigenvalue weighted by atomic mass is 19.1. The Morgan fingerprint density at radius 1 is 1.28 bits per heavy atom. The van der Waals surface area contributed by atoms with E-state index in [-0.39, 0.29) is 12.4 Å². The second kappa shape index (κ2) is 5.55. The maximum atomic E-state index is 13.2. The van der Waals surface area contributed by atoms with Crippen LogP contribution in [0.3, 0.4) is 0 Å². The van der Waals surface area contributed by atoms with E-state index in [0.717, 1.165) is 0 Å². The molecule has 0 aliphatic carbocycles. The summed E-state index contributed by atoms with van der Waals surface area (Å²) in [6, 6.07) is 6.28. The number of aliphatic hydroxyl groups is 1. The smallest absolute Gasteiger partial charge is 0.229 e. The molecule has 0 aliphatic heterocycles. The maximum Gasteiger partial charge on any atom is 0.229 e. The lowest BCUT2D eigenvalue weighted by molar-refractivity contribution is 0.281. The summed E-state index contributed by atoms with van der Waals surface area (Å²) < 4.78 is 13.2. The molecule has 0 atom stereocenters. The lowest BCUT2D eigenvalue weighted by atomic mass is 10.3. The number of aromatic nitrogens is 2. The molecule has 0 saturated heterocycles. The molecule has 2 aromatic rings. The summed E-state index contributed by atoms with van der Waals surface area (Å²) in [7, 11) is 0. The monoisotopic (exact) mass is 247 g/mol. The van der Waals surface area contributed by atoms with Crippen LogP contribution in [-0.2, 0) is 6.61 Å². The van der Waals surface area contributed by atoms with E-state index < -0.39 is 0 Å². The second-order valence-corrected chi connectivity index (χ2v) is 3.77. The van der Waals surface area contributed by atoms with Gasteiger partial charge in [0.1, 0.15) is 5.82 Å². The fraction of sp³-hybridized carbons (Fsp3) is 0.231. The van der Waals surface area contributed by atoms with E-state index in [1.54, 1.807) is 29.4 Å². The third-order valence-corrected chi connectivity index (χ3v) is 2.55. The van der Waals surface area contributed by atoms with Gasteiger partial charge in [0.05, 0.1) is 6.61 Å². The minimum Gasteiger partial charge on any atom is -0.392 e. The fourth-order valence-corrected chi connectivity index (χ4v) is 1.65. The molecule has 0 bridgehead atoms. The van der Waals surface area contributed by atoms with Gasteiger partial charge in [-0.05, 0) is 25.1 Å². The number of anilines is 2. The predicted octanol–water partition coefficient (Wildman–Crippen LogP) is 2.27. The second-order valence-electron chi connectivity index (χ2n) is 3.77. The number of benzene rings is 1. The standard InChI is InChI=1S/C13H14FN3O/c1-2-17(12-5-3-4-11(14)6-12)13-15-7-10(9-18)8-16-13/h3-8,18H,2,9H2,1H3. The Morgan fingerprint density at radius 3 is 2.56 bits per heavy atom. The summed E-state index contributed by atoms with van der Waals surface area (Å²) in [6.45, 7) is 2.47. The van der Waals surface area contributed by atoms with E-state index in [1.807, 2.05) is 6.92 Å². The molecular formula is C13H14FN3O. The highest BCUT2D eigenvalue weighted by Crippen LogP contribution is 2.21. The summed E-state index contributed by atoms with van der Waals surface area (Å²) in [4.78, 5) is 10.1. The molecule has 0 saturated carbocycles. The largest absolute Gasteiger partial charge is 0.392 e. The molecular weight excluding hydrogens is 233 g/mol. The van der Waals surface area contributed by atoms with Crippen molar-refractivity contribution >= 4 is 11.6 Å². The molecule has 1 N–H and O–H groups in total. The molecule has 4 nitrogen and oxygen atoms in total. The van der Waals surface area contributed by atoms with Crippen LogP contribution in [0.25, 0.3) is 0 Å². The van der Waals surface area contributed by atoms with Crippen molar-refractivity contribution in [3.05, 3.63) is 48.0 Å². The van der Waals surface area contributed by atoms with Crippen LogP contribution in [0.4, 0.5) is 16.0 Å². The minimum atomic E-state index is -0.294. The van der Waals surface area contributed by atoms with Gasteiger partial charge in [0.25, 0.3) is 0 Å². The summed E-state index contributed by atoms with van der Waals surface area (Å²) in [6.07, 6.45) is 3.12. The van der Waals surface area contributed by atoms with Crippen LogP contribution in [0, 0.1) is 5.82 Å². The molecule has 1 aromatic carbocycles. The summed E-state index contributed by atoms with van der Waals surface area (Å²) in [5.41, 5.74) is 1.35. The molecule has 0 aliphatic rings. The SMILES string of the molecule is CCN(c1cccc(F)c1)c1ncc(CO)cn1. The van der Waals surface area contributed by atoms with Crippen LogP contribution in [0.5, 0.6) is 0 Å². The third-order valence-electron chi connectivity index (χ3n) is 2.55. The average Bonchev–Trinajstić information content (AvgIpc) is 2.40. The molecule has 1 aromatic heterocycles. The molecule has 5 heteroatoms. The first-order valence-corrected chi connectivity index (χ1v) is 5.69. The molecule has 0 amide bonds. The number of rotatable bonds is 4. The van der Waals surface area contributed by atoms with Crippen molar-refractivity contribution in [1.82, 2.24) is 9.97 Å². The van der Waals surface area contributed by atoms with Crippen molar-refractivity contribution in [2.45, 2.75) is 13.5 Å². The Hall–Kier alpha value is -2.01. The Labute approximate surface area is 105 Å². The molecule has 0 radical (unpaired) electrons. The zero-order chi connectivity index (χ0) is 13.0. The van der Waals surface area contributed by atoms with Gasteiger partial charge in [-0.15, -0.1) is 0 Å². The van der Waals surface area contributed by atoms with Crippen molar-refractivity contribution < 1.29 is 9.50 Å². The summed E-state index contributed by atoms with van der Waals surface area (Å²) >= 11 is 0. The Balaban J connectivity index is 2.32. The molecule has 1 heterocycles. The van der Waals surface area contributed by atoms with Gasteiger partial charge in [0, 0.05) is 30.2 Å². The van der Waals surface area contributed by atoms with Crippen LogP contribution in [0.2, 0.25) is 0 Å². The van der Waals surface area contributed by atoms with Crippen molar-refractivity contribution in [2.24, 2.45) is 0 Å². The number of hydrogen-bond donors (Lipinski definition) is 1. The van der Waals surface area contributed by atoms with Gasteiger partial charge in [-0.3, -0.25) is 0 Å². The predicted molar refractivity (Wildman–Crippen MR) is 67.0 cm³/mol. The van der Waals surface area contributed by atoms with Gasteiger partial charge in [0.2, 0.25) is 5.95 Å². The number of halogens is 1. The average molecular weight is 247 g/mol. The van der Waals surface area contributed by atoms with E-state index in [9.17, 15) is 4.39 Å². The first kappa shape index (κ1) is 12.4. The van der Waals surface area contributed by atoms with Crippen molar-refractivity contribution in [2.75, 3.05) is 11.4 Å². The van der Waals surface area contributed by atoms with Gasteiger partial charge in [0.15, 0.2) is 0 Å². The lowest BCUT2D eigenvalue weighted by Gasteiger charge is -2.20. The molecule has 0 fully saturated rings. The third kappa shape index (κ3) is 2.62. The minimum absolute atomic E-state index is 0.0909. The summed E-state index contributed by atoms with van der Waals surface area (Å²) in [5, 5.41) is 8.93. The Morgan fingerprint density at radius 2 is 2.00 bits per heavy atom. The van der Waals surface area contributed by atoms with Crippen molar-refractivity contribution in [1.29, 1.82) is 0 Å². The number of hydrogen-bond acceptors (Lipinski definition) is 4. The van der Waals surface area contributed by atoms with Gasteiger partial charge in [-0.2, -0.15) is 0 Å². The van der Waals surface area contributed by atoms with Crippen molar-refractivity contribution in [3.63, 3.8) is 0 Å². The maximum absolute atomic E-state index is 13.2. The van der Waals surface area contributed by atoms with Gasteiger partial charge in [-0.25, -0.2) is 14.4 Å². The molecule has 94 valence electrons. The normalized spacial score (nSPS) is 10.4. The van der Waals surface area contributed by atoms with E-state index in [1.165, 1.54) is 12.1 Å². The van der Waals surface area contributed by atoms with Crippen LogP contribution in [-0.4, -0.2) is 21.6 Å². The Kier molecular flexibility index (Phi) is 3.84. The van der Waals surface area contributed by atoms with E-state index in [4.69, 9.17) is 5.11 Å². The number of nitrogens with zero attached hydrogens (tertiary/aromatic N) is 3. The van der Waals surface area contributed by atoms with Gasteiger partial charge >= 0.3 is 0 Å². The van der Waals surface area contributed by atoms with Crippen LogP contribution >= 0.6 is 0 Å². The topological polar surface area (TPSA) is 49.2 Å². The van der Waals surface area contributed by atoms with Crippen LogP contribution in [0.15, 0.2) is 36.7 Å². The lowest BCUT2D eigenvalue weighted by Crippen LogP contribution is -2.18. The zero-order valence-electron chi connectivity index (χ0n) is 10.0. The molecule has 18 heavy (non-hydrogen) atoms. The Bertz CT molecular complexity index is 516. The highest BCUT2D eigenvalue weighted by molar-refractivity contribution is 5.56. The van der Waals surface area contributed by atoms with Crippen molar-refractivity contribution in [3.8, 4) is 0 Å². The van der Waals surface area contributed by atoms with E-state index >= 15 is 0 Å². The first-order valence-electron chi connectivity index (χ1n) is 5.69.